The fourth-order valence-corrected chi connectivity index (χ4v) is 5.25. The average molecular weight is 581 g/mol. The second-order valence-electron chi connectivity index (χ2n) is 8.89. The second kappa shape index (κ2) is 13.8. The van der Waals surface area contributed by atoms with Gasteiger partial charge in [0.15, 0.2) is 17.0 Å². The number of sulfonamides is 1. The monoisotopic (exact) mass is 580 g/mol. The summed E-state index contributed by atoms with van der Waals surface area (Å²) >= 11 is 5.99. The molecule has 39 heavy (non-hydrogen) atoms. The Morgan fingerprint density at radius 1 is 1.13 bits per heavy atom. The molecular weight excluding hydrogens is 548 g/mol. The van der Waals surface area contributed by atoms with Crippen LogP contribution in [-0.4, -0.2) is 92.0 Å². The van der Waals surface area contributed by atoms with Crippen LogP contribution in [0.1, 0.15) is 18.4 Å². The number of halogens is 1. The molecule has 0 unspecified atom stereocenters. The molecule has 0 spiro atoms. The number of anilines is 1. The smallest absolute Gasteiger partial charge is 0.407 e. The number of rotatable bonds is 13. The topological polar surface area (TPSA) is 153 Å². The Bertz CT molecular complexity index is 1350. The number of ether oxygens (including phenoxy) is 2. The van der Waals surface area contributed by atoms with Crippen molar-refractivity contribution in [2.24, 2.45) is 0 Å². The third kappa shape index (κ3) is 8.22. The molecule has 15 heteroatoms. The Hall–Kier alpha value is -3.04. The molecule has 3 N–H and O–H groups in total. The molecule has 4 rings (SSSR count). The number of fused-ring (bicyclic) bond motifs is 1. The Kier molecular flexibility index (Phi) is 10.3. The van der Waals surface area contributed by atoms with Crippen molar-refractivity contribution < 1.29 is 22.7 Å². The van der Waals surface area contributed by atoms with Crippen LogP contribution in [0.15, 0.2) is 35.5 Å². The van der Waals surface area contributed by atoms with E-state index in [0.717, 1.165) is 25.1 Å². The molecule has 1 aromatic carbocycles. The van der Waals surface area contributed by atoms with Gasteiger partial charge in [0.25, 0.3) is 0 Å². The Labute approximate surface area is 232 Å². The van der Waals surface area contributed by atoms with Crippen molar-refractivity contribution >= 4 is 44.7 Å². The highest BCUT2D eigenvalue weighted by atomic mass is 35.5. The van der Waals surface area contributed by atoms with Gasteiger partial charge in [0.1, 0.15) is 0 Å². The lowest BCUT2D eigenvalue weighted by atomic mass is 10.2. The quantitative estimate of drug-likeness (QED) is 0.202. The highest BCUT2D eigenvalue weighted by Crippen LogP contribution is 2.20. The van der Waals surface area contributed by atoms with Crippen LogP contribution in [0.25, 0.3) is 11.2 Å². The van der Waals surface area contributed by atoms with Gasteiger partial charge >= 0.3 is 6.09 Å². The molecule has 1 aliphatic rings. The predicted molar refractivity (Wildman–Crippen MR) is 146 cm³/mol. The number of benzene rings is 1. The summed E-state index contributed by atoms with van der Waals surface area (Å²) in [5.41, 5.74) is 2.04. The molecule has 2 aromatic heterocycles. The maximum absolute atomic E-state index is 12.5. The minimum atomic E-state index is -3.60. The van der Waals surface area contributed by atoms with E-state index in [-0.39, 0.29) is 23.3 Å². The van der Waals surface area contributed by atoms with E-state index in [0.29, 0.717) is 56.3 Å². The molecule has 0 atom stereocenters. The second-order valence-corrected chi connectivity index (χ2v) is 11.0. The van der Waals surface area contributed by atoms with E-state index in [9.17, 15) is 13.2 Å². The van der Waals surface area contributed by atoms with Crippen LogP contribution in [0.4, 0.5) is 10.6 Å². The van der Waals surface area contributed by atoms with Gasteiger partial charge in [-0.2, -0.15) is 9.97 Å². The summed E-state index contributed by atoms with van der Waals surface area (Å²) in [4.78, 5) is 27.1. The third-order valence-electron chi connectivity index (χ3n) is 6.19. The van der Waals surface area contributed by atoms with E-state index in [2.05, 4.69) is 35.2 Å². The van der Waals surface area contributed by atoms with Crippen molar-refractivity contribution in [2.75, 3.05) is 58.4 Å². The number of amides is 1. The maximum Gasteiger partial charge on any atom is 0.407 e. The SMILES string of the molecule is CNc1nc(Cl)nc2c1ncn2CCCCOC(=O)NCc1ccc(S(=O)(=O)NCCN2CCOCC2)cc1. The molecule has 1 saturated heterocycles. The molecule has 13 nitrogen and oxygen atoms in total. The van der Waals surface area contributed by atoms with Gasteiger partial charge < -0.3 is 24.7 Å². The third-order valence-corrected chi connectivity index (χ3v) is 7.84. The van der Waals surface area contributed by atoms with Gasteiger partial charge in [-0.15, -0.1) is 0 Å². The molecule has 1 amide bonds. The summed E-state index contributed by atoms with van der Waals surface area (Å²) in [7, 11) is -1.86. The average Bonchev–Trinajstić information content (AvgIpc) is 3.34. The first-order valence-electron chi connectivity index (χ1n) is 12.7. The lowest BCUT2D eigenvalue weighted by molar-refractivity contribution is 0.0390. The van der Waals surface area contributed by atoms with E-state index in [1.807, 2.05) is 4.57 Å². The minimum Gasteiger partial charge on any atom is -0.450 e. The largest absolute Gasteiger partial charge is 0.450 e. The summed E-state index contributed by atoms with van der Waals surface area (Å²) in [5, 5.41) is 5.77. The Balaban J connectivity index is 1.13. The van der Waals surface area contributed by atoms with Gasteiger partial charge in [-0.3, -0.25) is 4.90 Å². The van der Waals surface area contributed by atoms with E-state index >= 15 is 0 Å². The van der Waals surface area contributed by atoms with Crippen molar-refractivity contribution in [1.82, 2.24) is 34.5 Å². The molecule has 0 aliphatic carbocycles. The molecule has 212 valence electrons. The van der Waals surface area contributed by atoms with Gasteiger partial charge in [0.2, 0.25) is 15.3 Å². The molecule has 1 aliphatic heterocycles. The zero-order chi connectivity index (χ0) is 27.7. The van der Waals surface area contributed by atoms with Crippen molar-refractivity contribution in [3.63, 3.8) is 0 Å². The van der Waals surface area contributed by atoms with Crippen LogP contribution in [-0.2, 0) is 32.6 Å². The number of aryl methyl sites for hydroxylation is 1. The first-order valence-corrected chi connectivity index (χ1v) is 14.6. The number of nitrogens with one attached hydrogen (secondary N) is 3. The molecule has 3 heterocycles. The molecule has 3 aromatic rings. The van der Waals surface area contributed by atoms with E-state index < -0.39 is 16.1 Å². The Morgan fingerprint density at radius 3 is 2.64 bits per heavy atom. The highest BCUT2D eigenvalue weighted by Gasteiger charge is 2.16. The van der Waals surface area contributed by atoms with Crippen molar-refractivity contribution in [3.8, 4) is 0 Å². The fourth-order valence-electron chi connectivity index (χ4n) is 4.06. The number of aromatic nitrogens is 4. The molecule has 0 bridgehead atoms. The molecular formula is C24H33ClN8O5S. The number of carbonyl (C=O) groups excluding carboxylic acids is 1. The fraction of sp³-hybridized carbons (Fsp3) is 0.500. The summed E-state index contributed by atoms with van der Waals surface area (Å²) in [6, 6.07) is 6.39. The molecule has 0 saturated carbocycles. The summed E-state index contributed by atoms with van der Waals surface area (Å²) in [6.45, 7) is 5.02. The van der Waals surface area contributed by atoms with E-state index in [4.69, 9.17) is 21.1 Å². The zero-order valence-corrected chi connectivity index (χ0v) is 23.3. The normalized spacial score (nSPS) is 14.4. The summed E-state index contributed by atoms with van der Waals surface area (Å²) in [6.07, 6.45) is 2.53. The van der Waals surface area contributed by atoms with E-state index in [1.54, 1.807) is 25.5 Å². The van der Waals surface area contributed by atoms with Crippen molar-refractivity contribution in [2.45, 2.75) is 30.8 Å². The molecule has 0 radical (unpaired) electrons. The highest BCUT2D eigenvalue weighted by molar-refractivity contribution is 7.89. The minimum absolute atomic E-state index is 0.140. The number of unbranched alkanes of at least 4 members (excludes halogenated alkanes) is 1. The number of carbonyl (C=O) groups is 1. The van der Waals surface area contributed by atoms with Gasteiger partial charge in [0.05, 0.1) is 31.0 Å². The van der Waals surface area contributed by atoms with Crippen molar-refractivity contribution in [1.29, 1.82) is 0 Å². The van der Waals surface area contributed by atoms with E-state index in [1.165, 1.54) is 12.1 Å². The van der Waals surface area contributed by atoms with Crippen LogP contribution >= 0.6 is 11.6 Å². The first kappa shape index (κ1) is 29.0. The predicted octanol–water partition coefficient (Wildman–Crippen LogP) is 1.84. The maximum atomic E-state index is 12.5. The van der Waals surface area contributed by atoms with Gasteiger partial charge in [-0.25, -0.2) is 22.9 Å². The van der Waals surface area contributed by atoms with Gasteiger partial charge in [0, 0.05) is 46.3 Å². The Morgan fingerprint density at radius 2 is 1.90 bits per heavy atom. The summed E-state index contributed by atoms with van der Waals surface area (Å²) in [5.74, 6) is 0.566. The lowest BCUT2D eigenvalue weighted by Crippen LogP contribution is -2.41. The first-order chi connectivity index (χ1) is 18.9. The lowest BCUT2D eigenvalue weighted by Gasteiger charge is -2.26. The standard InChI is InChI=1S/C24H33ClN8O5S/c1-26-21-20-22(31-23(25)30-21)33(17-28-20)9-2-3-13-38-24(34)27-16-18-4-6-19(7-5-18)39(35,36)29-8-10-32-11-14-37-15-12-32/h4-7,17,29H,2-3,8-16H2,1H3,(H,27,34)(H,26,30,31). The van der Waals surface area contributed by atoms with Crippen molar-refractivity contribution in [3.05, 3.63) is 41.4 Å². The number of hydrogen-bond acceptors (Lipinski definition) is 10. The zero-order valence-electron chi connectivity index (χ0n) is 21.7. The molecule has 1 fully saturated rings. The van der Waals surface area contributed by atoms with Crippen LogP contribution < -0.4 is 15.4 Å². The van der Waals surface area contributed by atoms with Crippen LogP contribution in [0, 0.1) is 0 Å². The number of alkyl carbamates (subject to hydrolysis) is 1. The van der Waals surface area contributed by atoms with Crippen LogP contribution in [0.5, 0.6) is 0 Å². The summed E-state index contributed by atoms with van der Waals surface area (Å²) < 4.78 is 40.1. The number of hydrogen-bond donors (Lipinski definition) is 3. The van der Waals surface area contributed by atoms with Crippen LogP contribution in [0.2, 0.25) is 5.28 Å². The van der Waals surface area contributed by atoms with Gasteiger partial charge in [-0.05, 0) is 42.1 Å². The van der Waals surface area contributed by atoms with Gasteiger partial charge in [-0.1, -0.05) is 12.1 Å². The van der Waals surface area contributed by atoms with Crippen LogP contribution in [0.3, 0.4) is 0 Å². The number of imidazole rings is 1. The number of nitrogens with zero attached hydrogens (tertiary/aromatic N) is 5. The number of morpholine rings is 1.